The van der Waals surface area contributed by atoms with Crippen LogP contribution in [0.15, 0.2) is 30.3 Å². The Kier molecular flexibility index (Phi) is 4.83. The van der Waals surface area contributed by atoms with E-state index in [0.717, 1.165) is 24.8 Å². The van der Waals surface area contributed by atoms with Gasteiger partial charge in [0.15, 0.2) is 5.78 Å². The predicted octanol–water partition coefficient (Wildman–Crippen LogP) is 4.24. The van der Waals surface area contributed by atoms with Gasteiger partial charge in [0.1, 0.15) is 34.7 Å². The van der Waals surface area contributed by atoms with Crippen LogP contribution in [0.5, 0.6) is 23.0 Å². The van der Waals surface area contributed by atoms with Gasteiger partial charge >= 0.3 is 0 Å². The Morgan fingerprint density at radius 2 is 1.80 bits per heavy atom. The monoisotopic (exact) mass is 342 g/mol. The fourth-order valence-electron chi connectivity index (χ4n) is 3.19. The number of phenolic OH excluding ortho intramolecular Hbond substituents is 3. The standard InChI is InChI=1S/C20H22O5/c1-2-3-4-5-14-15(22)10-16(23)19-17(24)11-18(25-20(14)19)12-6-8-13(21)9-7-12/h6-10,18,21-23H,2-5,11H2,1H3/t18-/m0/s1. The zero-order chi connectivity index (χ0) is 18.0. The summed E-state index contributed by atoms with van der Waals surface area (Å²) in [5.74, 6) is -0.0919. The minimum atomic E-state index is -0.508. The summed E-state index contributed by atoms with van der Waals surface area (Å²) in [4.78, 5) is 12.6. The number of ether oxygens (including phenoxy) is 1. The maximum absolute atomic E-state index is 12.6. The minimum Gasteiger partial charge on any atom is -0.508 e. The van der Waals surface area contributed by atoms with Gasteiger partial charge in [0.2, 0.25) is 0 Å². The number of hydrogen-bond donors (Lipinski definition) is 3. The van der Waals surface area contributed by atoms with E-state index in [0.29, 0.717) is 12.0 Å². The summed E-state index contributed by atoms with van der Waals surface area (Å²) in [6.07, 6.45) is 3.08. The van der Waals surface area contributed by atoms with Crippen molar-refractivity contribution in [3.05, 3.63) is 47.0 Å². The first kappa shape index (κ1) is 17.1. The van der Waals surface area contributed by atoms with Gasteiger partial charge in [-0.3, -0.25) is 4.79 Å². The van der Waals surface area contributed by atoms with E-state index in [2.05, 4.69) is 6.92 Å². The molecular formula is C20H22O5. The number of rotatable bonds is 5. The van der Waals surface area contributed by atoms with E-state index in [4.69, 9.17) is 4.74 Å². The Balaban J connectivity index is 1.99. The van der Waals surface area contributed by atoms with E-state index in [9.17, 15) is 20.1 Å². The van der Waals surface area contributed by atoms with Crippen LogP contribution < -0.4 is 4.74 Å². The molecule has 25 heavy (non-hydrogen) atoms. The highest BCUT2D eigenvalue weighted by Crippen LogP contribution is 2.45. The summed E-state index contributed by atoms with van der Waals surface area (Å²) in [6, 6.07) is 7.72. The molecule has 0 fully saturated rings. The molecule has 0 bridgehead atoms. The lowest BCUT2D eigenvalue weighted by Gasteiger charge is -2.28. The Hall–Kier alpha value is -2.69. The van der Waals surface area contributed by atoms with E-state index in [-0.39, 0.29) is 40.8 Å². The number of phenols is 3. The van der Waals surface area contributed by atoms with Crippen molar-refractivity contribution < 1.29 is 24.9 Å². The van der Waals surface area contributed by atoms with E-state index < -0.39 is 6.10 Å². The fraction of sp³-hybridized carbons (Fsp3) is 0.350. The number of fused-ring (bicyclic) bond motifs is 1. The Bertz CT molecular complexity index is 780. The van der Waals surface area contributed by atoms with Gasteiger partial charge in [-0.05, 0) is 30.5 Å². The third-order valence-corrected chi connectivity index (χ3v) is 4.54. The number of aromatic hydroxyl groups is 3. The highest BCUT2D eigenvalue weighted by Gasteiger charge is 2.33. The summed E-state index contributed by atoms with van der Waals surface area (Å²) in [5.41, 5.74) is 1.48. The minimum absolute atomic E-state index is 0.0495. The lowest BCUT2D eigenvalue weighted by molar-refractivity contribution is 0.0842. The second-order valence-corrected chi connectivity index (χ2v) is 6.38. The van der Waals surface area contributed by atoms with Crippen LogP contribution in [0.4, 0.5) is 0 Å². The lowest BCUT2D eigenvalue weighted by Crippen LogP contribution is -2.21. The number of carbonyl (C=O) groups excluding carboxylic acids is 1. The van der Waals surface area contributed by atoms with Gasteiger partial charge < -0.3 is 20.1 Å². The molecule has 2 aromatic carbocycles. The number of carbonyl (C=O) groups is 1. The smallest absolute Gasteiger partial charge is 0.174 e. The Morgan fingerprint density at radius 3 is 2.48 bits per heavy atom. The fourth-order valence-corrected chi connectivity index (χ4v) is 3.19. The van der Waals surface area contributed by atoms with Crippen LogP contribution in [0.1, 0.15) is 60.2 Å². The zero-order valence-electron chi connectivity index (χ0n) is 14.2. The number of benzene rings is 2. The second kappa shape index (κ2) is 7.05. The first-order valence-electron chi connectivity index (χ1n) is 8.57. The van der Waals surface area contributed by atoms with Crippen LogP contribution in [0.2, 0.25) is 0 Å². The van der Waals surface area contributed by atoms with Gasteiger partial charge in [0, 0.05) is 11.6 Å². The summed E-state index contributed by atoms with van der Waals surface area (Å²) >= 11 is 0. The molecule has 0 radical (unpaired) electrons. The van der Waals surface area contributed by atoms with Crippen molar-refractivity contribution in [1.82, 2.24) is 0 Å². The molecule has 3 rings (SSSR count). The molecule has 5 nitrogen and oxygen atoms in total. The van der Waals surface area contributed by atoms with Crippen molar-refractivity contribution in [3.63, 3.8) is 0 Å². The van der Waals surface area contributed by atoms with Crippen LogP contribution in [0.3, 0.4) is 0 Å². The molecule has 3 N–H and O–H groups in total. The SMILES string of the molecule is CCCCCc1c(O)cc(O)c2c1O[C@H](c1ccc(O)cc1)CC2=O. The molecule has 0 unspecified atom stereocenters. The molecule has 0 aliphatic carbocycles. The van der Waals surface area contributed by atoms with E-state index in [1.165, 1.54) is 6.07 Å². The molecule has 0 aromatic heterocycles. The third-order valence-electron chi connectivity index (χ3n) is 4.54. The summed E-state index contributed by atoms with van der Waals surface area (Å²) in [6.45, 7) is 2.09. The number of Topliss-reactive ketones (excluding diaryl/α,β-unsaturated/α-hetero) is 1. The molecule has 0 spiro atoms. The Morgan fingerprint density at radius 1 is 1.08 bits per heavy atom. The summed E-state index contributed by atoms with van der Waals surface area (Å²) in [7, 11) is 0. The predicted molar refractivity (Wildman–Crippen MR) is 93.4 cm³/mol. The van der Waals surface area contributed by atoms with E-state index >= 15 is 0 Å². The largest absolute Gasteiger partial charge is 0.508 e. The summed E-state index contributed by atoms with van der Waals surface area (Å²) < 4.78 is 6.03. The normalized spacial score (nSPS) is 16.4. The van der Waals surface area contributed by atoms with Crippen molar-refractivity contribution >= 4 is 5.78 Å². The molecule has 1 aliphatic heterocycles. The first-order chi connectivity index (χ1) is 12.0. The lowest BCUT2D eigenvalue weighted by atomic mass is 9.92. The molecule has 0 saturated heterocycles. The van der Waals surface area contributed by atoms with E-state index in [1.807, 2.05) is 0 Å². The molecule has 1 aliphatic rings. The van der Waals surface area contributed by atoms with Gasteiger partial charge in [-0.25, -0.2) is 0 Å². The number of hydrogen-bond acceptors (Lipinski definition) is 5. The van der Waals surface area contributed by atoms with Gasteiger partial charge in [0.05, 0.1) is 6.42 Å². The van der Waals surface area contributed by atoms with E-state index in [1.54, 1.807) is 24.3 Å². The molecule has 1 heterocycles. The number of ketones is 1. The molecular weight excluding hydrogens is 320 g/mol. The zero-order valence-corrected chi connectivity index (χ0v) is 14.2. The molecule has 1 atom stereocenters. The van der Waals surface area contributed by atoms with Crippen LogP contribution in [-0.2, 0) is 6.42 Å². The molecule has 0 saturated carbocycles. The average Bonchev–Trinajstić information content (AvgIpc) is 2.57. The average molecular weight is 342 g/mol. The molecule has 0 amide bonds. The third kappa shape index (κ3) is 3.40. The first-order valence-corrected chi connectivity index (χ1v) is 8.57. The summed E-state index contributed by atoms with van der Waals surface area (Å²) in [5, 5.41) is 29.8. The maximum atomic E-state index is 12.6. The van der Waals surface area contributed by atoms with Crippen LogP contribution in [-0.4, -0.2) is 21.1 Å². The van der Waals surface area contributed by atoms with Gasteiger partial charge in [-0.2, -0.15) is 0 Å². The molecule has 5 heteroatoms. The van der Waals surface area contributed by atoms with Gasteiger partial charge in [-0.1, -0.05) is 31.9 Å². The van der Waals surface area contributed by atoms with Crippen molar-refractivity contribution in [3.8, 4) is 23.0 Å². The van der Waals surface area contributed by atoms with Gasteiger partial charge in [-0.15, -0.1) is 0 Å². The molecule has 132 valence electrons. The highest BCUT2D eigenvalue weighted by atomic mass is 16.5. The van der Waals surface area contributed by atoms with Crippen molar-refractivity contribution in [2.75, 3.05) is 0 Å². The van der Waals surface area contributed by atoms with Crippen LogP contribution in [0, 0.1) is 0 Å². The number of unbranched alkanes of at least 4 members (excludes halogenated alkanes) is 2. The van der Waals surface area contributed by atoms with Crippen LogP contribution >= 0.6 is 0 Å². The second-order valence-electron chi connectivity index (χ2n) is 6.38. The van der Waals surface area contributed by atoms with Crippen molar-refractivity contribution in [2.24, 2.45) is 0 Å². The topological polar surface area (TPSA) is 87.0 Å². The van der Waals surface area contributed by atoms with Crippen molar-refractivity contribution in [1.29, 1.82) is 0 Å². The Labute approximate surface area is 146 Å². The van der Waals surface area contributed by atoms with Crippen molar-refractivity contribution in [2.45, 2.75) is 45.1 Å². The molecule has 2 aromatic rings. The van der Waals surface area contributed by atoms with Gasteiger partial charge in [0.25, 0.3) is 0 Å². The van der Waals surface area contributed by atoms with Crippen LogP contribution in [0.25, 0.3) is 0 Å². The highest BCUT2D eigenvalue weighted by molar-refractivity contribution is 6.03. The quantitative estimate of drug-likeness (QED) is 0.707. The maximum Gasteiger partial charge on any atom is 0.174 e.